The molecule has 1 amide bonds. The Kier molecular flexibility index (Phi) is 5.46. The zero-order valence-electron chi connectivity index (χ0n) is 10.8. The van der Waals surface area contributed by atoms with Gasteiger partial charge in [-0.2, -0.15) is 13.2 Å². The number of halogens is 4. The second kappa shape index (κ2) is 6.52. The van der Waals surface area contributed by atoms with E-state index >= 15 is 0 Å². The van der Waals surface area contributed by atoms with Crippen LogP contribution in [-0.2, 0) is 21.0 Å². The maximum atomic E-state index is 13.0. The Bertz CT molecular complexity index is 632. The van der Waals surface area contributed by atoms with E-state index in [0.29, 0.717) is 6.07 Å². The van der Waals surface area contributed by atoms with Crippen molar-refractivity contribution < 1.29 is 26.4 Å². The summed E-state index contributed by atoms with van der Waals surface area (Å²) in [4.78, 5) is 10.9. The first kappa shape index (κ1) is 17.6. The lowest BCUT2D eigenvalue weighted by Gasteiger charge is -2.16. The maximum Gasteiger partial charge on any atom is 0.418 e. The molecule has 2 N–H and O–H groups in total. The average Bonchev–Trinajstić information content (AvgIpc) is 2.28. The molecule has 0 bridgehead atoms. The molecule has 0 heterocycles. The second-order valence-electron chi connectivity index (χ2n) is 4.05. The smallest absolute Gasteiger partial charge is 0.326 e. The third-order valence-electron chi connectivity index (χ3n) is 2.26. The molecule has 0 saturated heterocycles. The van der Waals surface area contributed by atoms with Gasteiger partial charge in [0.1, 0.15) is 0 Å². The predicted octanol–water partition coefficient (Wildman–Crippen LogP) is 2.64. The van der Waals surface area contributed by atoms with Crippen LogP contribution in [0.5, 0.6) is 0 Å². The van der Waals surface area contributed by atoms with Gasteiger partial charge in [0, 0.05) is 18.5 Å². The molecule has 21 heavy (non-hydrogen) atoms. The molecule has 1 rings (SSSR count). The Balaban J connectivity index is 3.23. The zero-order valence-corrected chi connectivity index (χ0v) is 12.4. The second-order valence-corrected chi connectivity index (χ2v) is 6.27. The van der Waals surface area contributed by atoms with Crippen LogP contribution in [0.15, 0.2) is 18.2 Å². The molecule has 0 aliphatic carbocycles. The third kappa shape index (κ3) is 5.43. The van der Waals surface area contributed by atoms with Crippen LogP contribution in [0, 0.1) is 0 Å². The van der Waals surface area contributed by atoms with E-state index in [9.17, 15) is 26.4 Å². The van der Waals surface area contributed by atoms with E-state index in [1.54, 1.807) is 0 Å². The van der Waals surface area contributed by atoms with Gasteiger partial charge >= 0.3 is 6.18 Å². The summed E-state index contributed by atoms with van der Waals surface area (Å²) >= 11 is 5.28. The highest BCUT2D eigenvalue weighted by molar-refractivity contribution is 7.92. The number of sulfonamides is 1. The van der Waals surface area contributed by atoms with Gasteiger partial charge in [-0.1, -0.05) is 0 Å². The van der Waals surface area contributed by atoms with E-state index in [2.05, 4.69) is 5.32 Å². The zero-order chi connectivity index (χ0) is 16.3. The molecule has 0 fully saturated rings. The van der Waals surface area contributed by atoms with Crippen LogP contribution in [-0.4, -0.2) is 26.0 Å². The topological polar surface area (TPSA) is 75.3 Å². The molecule has 1 aromatic carbocycles. The summed E-state index contributed by atoms with van der Waals surface area (Å²) in [5.74, 6) is -1.31. The largest absolute Gasteiger partial charge is 0.418 e. The van der Waals surface area contributed by atoms with Crippen LogP contribution >= 0.6 is 11.6 Å². The molecule has 0 spiro atoms. The van der Waals surface area contributed by atoms with E-state index in [-0.39, 0.29) is 11.6 Å². The maximum absolute atomic E-state index is 13.0. The van der Waals surface area contributed by atoms with Gasteiger partial charge in [0.2, 0.25) is 15.9 Å². The van der Waals surface area contributed by atoms with Crippen LogP contribution in [0.2, 0.25) is 0 Å². The number of rotatable bonds is 5. The molecule has 118 valence electrons. The fourth-order valence-corrected chi connectivity index (χ4v) is 2.90. The highest BCUT2D eigenvalue weighted by Gasteiger charge is 2.34. The highest BCUT2D eigenvalue weighted by atomic mass is 35.5. The summed E-state index contributed by atoms with van der Waals surface area (Å²) in [6.45, 7) is 1.14. The van der Waals surface area contributed by atoms with Crippen molar-refractivity contribution in [3.05, 3.63) is 23.8 Å². The number of carbonyl (C=O) groups excluding carboxylic acids is 1. The predicted molar refractivity (Wildman–Crippen MR) is 73.9 cm³/mol. The molecule has 0 aromatic heterocycles. The first-order valence-electron chi connectivity index (χ1n) is 5.60. The van der Waals surface area contributed by atoms with E-state index in [1.807, 2.05) is 4.72 Å². The van der Waals surface area contributed by atoms with Crippen LogP contribution in [0.4, 0.5) is 24.5 Å². The molecular formula is C11H12ClF3N2O3S. The van der Waals surface area contributed by atoms with Crippen molar-refractivity contribution in [3.63, 3.8) is 0 Å². The molecule has 0 saturated carbocycles. The Morgan fingerprint density at radius 2 is 1.95 bits per heavy atom. The van der Waals surface area contributed by atoms with Gasteiger partial charge in [-0.05, 0) is 18.2 Å². The summed E-state index contributed by atoms with van der Waals surface area (Å²) in [6.07, 6.45) is -4.78. The number of hydrogen-bond acceptors (Lipinski definition) is 3. The van der Waals surface area contributed by atoms with Crippen molar-refractivity contribution >= 4 is 38.9 Å². The first-order valence-corrected chi connectivity index (χ1v) is 7.79. The lowest BCUT2D eigenvalue weighted by atomic mass is 10.1. The van der Waals surface area contributed by atoms with Gasteiger partial charge in [0.05, 0.1) is 17.0 Å². The van der Waals surface area contributed by atoms with Gasteiger partial charge in [0.15, 0.2) is 0 Å². The number of alkyl halides is 4. The quantitative estimate of drug-likeness (QED) is 0.806. The Morgan fingerprint density at radius 1 is 1.33 bits per heavy atom. The monoisotopic (exact) mass is 344 g/mol. The molecule has 0 unspecified atom stereocenters. The fourth-order valence-electron chi connectivity index (χ4n) is 1.47. The third-order valence-corrected chi connectivity index (χ3v) is 3.94. The fraction of sp³-hybridized carbons (Fsp3) is 0.364. The summed E-state index contributed by atoms with van der Waals surface area (Å²) in [6, 6.07) is 2.75. The van der Waals surface area contributed by atoms with Crippen molar-refractivity contribution in [2.45, 2.75) is 13.1 Å². The van der Waals surface area contributed by atoms with Gasteiger partial charge < -0.3 is 5.32 Å². The lowest BCUT2D eigenvalue weighted by Crippen LogP contribution is -2.20. The molecule has 5 nitrogen and oxygen atoms in total. The molecule has 0 aliphatic heterocycles. The van der Waals surface area contributed by atoms with Crippen molar-refractivity contribution in [1.29, 1.82) is 0 Å². The van der Waals surface area contributed by atoms with Crippen molar-refractivity contribution in [1.82, 2.24) is 0 Å². The lowest BCUT2D eigenvalue weighted by molar-refractivity contribution is -0.136. The SMILES string of the molecule is CC(=O)Nc1ccc(NS(=O)(=O)CCCl)c(C(F)(F)F)c1. The molecule has 10 heteroatoms. The van der Waals surface area contributed by atoms with Gasteiger partial charge in [-0.25, -0.2) is 8.42 Å². The number of hydrogen-bond donors (Lipinski definition) is 2. The highest BCUT2D eigenvalue weighted by Crippen LogP contribution is 2.37. The first-order chi connectivity index (χ1) is 9.55. The summed E-state index contributed by atoms with van der Waals surface area (Å²) in [5, 5.41) is 2.20. The Hall–Kier alpha value is -1.48. The normalized spacial score (nSPS) is 12.0. The van der Waals surface area contributed by atoms with Crippen LogP contribution in [0.25, 0.3) is 0 Å². The van der Waals surface area contributed by atoms with E-state index in [1.165, 1.54) is 0 Å². The number of carbonyl (C=O) groups is 1. The minimum Gasteiger partial charge on any atom is -0.326 e. The number of nitrogens with one attached hydrogen (secondary N) is 2. The standard InChI is InChI=1S/C11H12ClF3N2O3S/c1-7(18)16-8-2-3-10(9(6-8)11(13,14)15)17-21(19,20)5-4-12/h2-3,6,17H,4-5H2,1H3,(H,16,18). The van der Waals surface area contributed by atoms with Gasteiger partial charge in [-0.3, -0.25) is 9.52 Å². The van der Waals surface area contributed by atoms with Crippen molar-refractivity contribution in [2.24, 2.45) is 0 Å². The van der Waals surface area contributed by atoms with Crippen LogP contribution < -0.4 is 10.0 Å². The van der Waals surface area contributed by atoms with E-state index < -0.39 is 39.1 Å². The van der Waals surface area contributed by atoms with Crippen LogP contribution in [0.3, 0.4) is 0 Å². The Labute approximate surface area is 124 Å². The minimum absolute atomic E-state index is 0.0879. The van der Waals surface area contributed by atoms with Gasteiger partial charge in [0.25, 0.3) is 0 Å². The van der Waals surface area contributed by atoms with Gasteiger partial charge in [-0.15, -0.1) is 11.6 Å². The average molecular weight is 345 g/mol. The van der Waals surface area contributed by atoms with Crippen molar-refractivity contribution in [2.75, 3.05) is 21.7 Å². The summed E-state index contributed by atoms with van der Waals surface area (Å²) in [7, 11) is -3.97. The molecule has 0 radical (unpaired) electrons. The van der Waals surface area contributed by atoms with Crippen LogP contribution in [0.1, 0.15) is 12.5 Å². The summed E-state index contributed by atoms with van der Waals surface area (Å²) < 4.78 is 63.7. The molecule has 1 aromatic rings. The minimum atomic E-state index is -4.78. The summed E-state index contributed by atoms with van der Waals surface area (Å²) in [5.41, 5.74) is -1.91. The van der Waals surface area contributed by atoms with E-state index in [4.69, 9.17) is 11.6 Å². The number of benzene rings is 1. The van der Waals surface area contributed by atoms with Crippen molar-refractivity contribution in [3.8, 4) is 0 Å². The Morgan fingerprint density at radius 3 is 2.43 bits per heavy atom. The number of amides is 1. The molecular weight excluding hydrogens is 333 g/mol. The number of anilines is 2. The molecule has 0 atom stereocenters. The van der Waals surface area contributed by atoms with E-state index in [0.717, 1.165) is 19.1 Å². The molecule has 0 aliphatic rings.